The van der Waals surface area contributed by atoms with Gasteiger partial charge in [-0.1, -0.05) is 165 Å². The number of rotatable bonds is 38. The largest absolute Gasteiger partial charge is 0.394 e. The van der Waals surface area contributed by atoms with Crippen LogP contribution in [0.4, 0.5) is 0 Å². The van der Waals surface area contributed by atoms with Gasteiger partial charge >= 0.3 is 0 Å². The number of aliphatic hydroxyl groups excluding tert-OH is 5. The quantitative estimate of drug-likeness (QED) is 0.0267. The summed E-state index contributed by atoms with van der Waals surface area (Å²) in [6, 6.07) is -0.829. The average molecular weight is 806 g/mol. The van der Waals surface area contributed by atoms with Gasteiger partial charge in [0.05, 0.1) is 25.4 Å². The molecule has 57 heavy (non-hydrogen) atoms. The van der Waals surface area contributed by atoms with Crippen LogP contribution in [0.2, 0.25) is 0 Å². The van der Waals surface area contributed by atoms with Crippen molar-refractivity contribution in [3.63, 3.8) is 0 Å². The van der Waals surface area contributed by atoms with Gasteiger partial charge in [0.15, 0.2) is 6.29 Å². The summed E-state index contributed by atoms with van der Waals surface area (Å²) in [5.41, 5.74) is 0. The maximum Gasteiger partial charge on any atom is 0.220 e. The van der Waals surface area contributed by atoms with E-state index in [-0.39, 0.29) is 12.5 Å². The highest BCUT2D eigenvalue weighted by Crippen LogP contribution is 2.22. The molecular formula is C48H87NO8. The lowest BCUT2D eigenvalue weighted by atomic mass is 9.99. The monoisotopic (exact) mass is 806 g/mol. The number of hydrogen-bond donors (Lipinski definition) is 6. The Balaban J connectivity index is 2.40. The molecule has 0 aromatic rings. The van der Waals surface area contributed by atoms with E-state index in [1.54, 1.807) is 6.08 Å². The molecule has 1 fully saturated rings. The molecule has 9 heteroatoms. The topological polar surface area (TPSA) is 149 Å². The molecule has 1 aliphatic heterocycles. The predicted octanol–water partition coefficient (Wildman–Crippen LogP) is 9.84. The predicted molar refractivity (Wildman–Crippen MR) is 235 cm³/mol. The molecule has 0 saturated carbocycles. The average Bonchev–Trinajstić information content (AvgIpc) is 3.21. The van der Waals surface area contributed by atoms with E-state index in [0.717, 1.165) is 57.8 Å². The summed E-state index contributed by atoms with van der Waals surface area (Å²) in [4.78, 5) is 12.9. The third-order valence-corrected chi connectivity index (χ3v) is 10.9. The summed E-state index contributed by atoms with van der Waals surface area (Å²) in [5, 5.41) is 54.2. The van der Waals surface area contributed by atoms with Gasteiger partial charge in [0.1, 0.15) is 24.4 Å². The summed E-state index contributed by atoms with van der Waals surface area (Å²) < 4.78 is 11.2. The molecule has 0 radical (unpaired) electrons. The Labute approximate surface area is 348 Å². The lowest BCUT2D eigenvalue weighted by Crippen LogP contribution is -2.60. The van der Waals surface area contributed by atoms with E-state index in [1.807, 2.05) is 6.08 Å². The van der Waals surface area contributed by atoms with E-state index in [2.05, 4.69) is 55.6 Å². The van der Waals surface area contributed by atoms with Crippen LogP contribution < -0.4 is 5.32 Å². The van der Waals surface area contributed by atoms with E-state index >= 15 is 0 Å². The zero-order valence-corrected chi connectivity index (χ0v) is 36.3. The highest BCUT2D eigenvalue weighted by molar-refractivity contribution is 5.76. The van der Waals surface area contributed by atoms with Gasteiger partial charge in [-0.2, -0.15) is 0 Å². The Bertz CT molecular complexity index is 1030. The zero-order valence-electron chi connectivity index (χ0n) is 36.3. The van der Waals surface area contributed by atoms with Crippen LogP contribution in [0.5, 0.6) is 0 Å². The van der Waals surface area contributed by atoms with Crippen LogP contribution >= 0.6 is 0 Å². The Morgan fingerprint density at radius 2 is 1.00 bits per heavy atom. The number of amides is 1. The molecule has 7 atom stereocenters. The third kappa shape index (κ3) is 29.1. The molecule has 0 aromatic carbocycles. The van der Waals surface area contributed by atoms with Crippen molar-refractivity contribution in [1.82, 2.24) is 5.32 Å². The molecule has 7 unspecified atom stereocenters. The van der Waals surface area contributed by atoms with Gasteiger partial charge in [-0.25, -0.2) is 0 Å². The molecule has 0 aromatic heterocycles. The number of nitrogens with one attached hydrogen (secondary N) is 1. The highest BCUT2D eigenvalue weighted by Gasteiger charge is 2.44. The van der Waals surface area contributed by atoms with E-state index in [1.165, 1.54) is 116 Å². The number of aliphatic hydroxyl groups is 5. The SMILES string of the molecule is CCCCCC/C=C\CCCCCCCCCC(=O)NC(COC1OC(CO)C(O)C(O)C1O)C(O)/C=C/CC/C=C/CC/C=C/CCCCCCCCCCC. The molecule has 6 N–H and O–H groups in total. The Morgan fingerprint density at radius 1 is 0.579 bits per heavy atom. The fourth-order valence-corrected chi connectivity index (χ4v) is 7.06. The lowest BCUT2D eigenvalue weighted by Gasteiger charge is -2.40. The van der Waals surface area contributed by atoms with Crippen LogP contribution in [0.15, 0.2) is 48.6 Å². The molecule has 9 nitrogen and oxygen atoms in total. The molecule has 1 rings (SSSR count). The van der Waals surface area contributed by atoms with Crippen molar-refractivity contribution in [3.8, 4) is 0 Å². The van der Waals surface area contributed by atoms with Crippen LogP contribution in [0, 0.1) is 0 Å². The number of unbranched alkanes of at least 4 members (excludes halogenated alkanes) is 22. The maximum atomic E-state index is 12.9. The van der Waals surface area contributed by atoms with Gasteiger partial charge in [0, 0.05) is 6.42 Å². The van der Waals surface area contributed by atoms with Crippen molar-refractivity contribution in [2.45, 2.75) is 236 Å². The first-order chi connectivity index (χ1) is 27.8. The van der Waals surface area contributed by atoms with Crippen molar-refractivity contribution >= 4 is 5.91 Å². The molecule has 1 aliphatic rings. The second kappa shape index (κ2) is 38.4. The Kier molecular flexibility index (Phi) is 35.8. The van der Waals surface area contributed by atoms with Crippen LogP contribution in [-0.4, -0.2) is 87.5 Å². The van der Waals surface area contributed by atoms with E-state index in [4.69, 9.17) is 9.47 Å². The maximum absolute atomic E-state index is 12.9. The van der Waals surface area contributed by atoms with Gasteiger partial charge in [0.25, 0.3) is 0 Å². The number of carbonyl (C=O) groups excluding carboxylic acids is 1. The summed E-state index contributed by atoms with van der Waals surface area (Å²) in [6.07, 6.45) is 41.5. The van der Waals surface area contributed by atoms with Crippen molar-refractivity contribution < 1.29 is 39.8 Å². The standard InChI is InChI=1S/C48H87NO8/c1-3-5-7-9-11-13-15-17-19-20-21-22-24-25-27-29-31-33-35-37-42(51)41(40-56-48-47(55)46(54)45(53)43(39-50)57-48)49-44(52)38-36-34-32-30-28-26-23-18-16-14-12-10-8-6-4-2/h14,16,21-22,27,29,35,37,41-43,45-48,50-51,53-55H,3-13,15,17-20,23-26,28,30-34,36,38-40H2,1-2H3,(H,49,52)/b16-14-,22-21+,29-27+,37-35+. The minimum Gasteiger partial charge on any atom is -0.394 e. The molecule has 1 heterocycles. The summed E-state index contributed by atoms with van der Waals surface area (Å²) in [6.45, 7) is 3.73. The van der Waals surface area contributed by atoms with Crippen LogP contribution in [-0.2, 0) is 14.3 Å². The molecule has 0 aliphatic carbocycles. The first kappa shape index (κ1) is 53.2. The minimum absolute atomic E-state index is 0.198. The highest BCUT2D eigenvalue weighted by atomic mass is 16.7. The van der Waals surface area contributed by atoms with Gasteiger partial charge in [0.2, 0.25) is 5.91 Å². The number of allylic oxidation sites excluding steroid dienone is 7. The summed E-state index contributed by atoms with van der Waals surface area (Å²) >= 11 is 0. The van der Waals surface area contributed by atoms with Gasteiger partial charge in [-0.15, -0.1) is 0 Å². The van der Waals surface area contributed by atoms with Crippen LogP contribution in [0.3, 0.4) is 0 Å². The van der Waals surface area contributed by atoms with E-state index in [9.17, 15) is 30.3 Å². The Hall–Kier alpha value is -1.85. The van der Waals surface area contributed by atoms with E-state index in [0.29, 0.717) is 6.42 Å². The lowest BCUT2D eigenvalue weighted by molar-refractivity contribution is -0.302. The van der Waals surface area contributed by atoms with Gasteiger partial charge in [-0.3, -0.25) is 4.79 Å². The van der Waals surface area contributed by atoms with Crippen molar-refractivity contribution in [1.29, 1.82) is 0 Å². The van der Waals surface area contributed by atoms with Crippen molar-refractivity contribution in [3.05, 3.63) is 48.6 Å². The fraction of sp³-hybridized carbons (Fsp3) is 0.812. The normalized spacial score (nSPS) is 21.4. The second-order valence-corrected chi connectivity index (χ2v) is 16.2. The molecule has 332 valence electrons. The first-order valence-corrected chi connectivity index (χ1v) is 23.4. The van der Waals surface area contributed by atoms with Crippen LogP contribution in [0.1, 0.15) is 194 Å². The third-order valence-electron chi connectivity index (χ3n) is 10.9. The minimum atomic E-state index is -1.57. The molecule has 0 spiro atoms. The van der Waals surface area contributed by atoms with Crippen molar-refractivity contribution in [2.75, 3.05) is 13.2 Å². The second-order valence-electron chi connectivity index (χ2n) is 16.2. The fourth-order valence-electron chi connectivity index (χ4n) is 7.06. The number of ether oxygens (including phenoxy) is 2. The van der Waals surface area contributed by atoms with Gasteiger partial charge in [-0.05, 0) is 70.6 Å². The van der Waals surface area contributed by atoms with E-state index < -0.39 is 49.5 Å². The first-order valence-electron chi connectivity index (χ1n) is 23.4. The Morgan fingerprint density at radius 3 is 1.49 bits per heavy atom. The zero-order chi connectivity index (χ0) is 41.6. The molecule has 1 saturated heterocycles. The number of hydrogen-bond acceptors (Lipinski definition) is 8. The van der Waals surface area contributed by atoms with Crippen LogP contribution in [0.25, 0.3) is 0 Å². The molecular weight excluding hydrogens is 719 g/mol. The summed E-state index contributed by atoms with van der Waals surface area (Å²) in [7, 11) is 0. The smallest absolute Gasteiger partial charge is 0.220 e. The van der Waals surface area contributed by atoms with Crippen molar-refractivity contribution in [2.24, 2.45) is 0 Å². The summed E-state index contributed by atoms with van der Waals surface area (Å²) in [5.74, 6) is -0.198. The number of carbonyl (C=O) groups is 1. The van der Waals surface area contributed by atoms with Gasteiger partial charge < -0.3 is 40.3 Å². The molecule has 0 bridgehead atoms. The molecule has 1 amide bonds.